The van der Waals surface area contributed by atoms with E-state index in [1.165, 1.54) is 5.56 Å². The Balaban J connectivity index is 1.88. The van der Waals surface area contributed by atoms with E-state index in [4.69, 9.17) is 0 Å². The summed E-state index contributed by atoms with van der Waals surface area (Å²) in [7, 11) is 1.86. The lowest BCUT2D eigenvalue weighted by Crippen LogP contribution is -2.02. The average molecular weight is 242 g/mol. The van der Waals surface area contributed by atoms with Gasteiger partial charge < -0.3 is 0 Å². The lowest BCUT2D eigenvalue weighted by molar-refractivity contribution is 0.0979. The maximum absolute atomic E-state index is 12.0. The number of Topliss-reactive ketones (excluding diaryl/α,β-unsaturated/α-hetero) is 1. The van der Waals surface area contributed by atoms with Crippen LogP contribution in [-0.2, 0) is 13.5 Å². The van der Waals surface area contributed by atoms with Crippen molar-refractivity contribution < 1.29 is 4.79 Å². The van der Waals surface area contributed by atoms with E-state index in [0.29, 0.717) is 6.42 Å². The van der Waals surface area contributed by atoms with Crippen LogP contribution >= 0.6 is 0 Å². The Bertz CT molecular complexity index is 529. The predicted molar refractivity (Wildman–Crippen MR) is 71.7 cm³/mol. The van der Waals surface area contributed by atoms with Crippen molar-refractivity contribution in [3.05, 3.63) is 53.3 Å². The van der Waals surface area contributed by atoms with Gasteiger partial charge in [-0.15, -0.1) is 0 Å². The van der Waals surface area contributed by atoms with Gasteiger partial charge in [0.25, 0.3) is 0 Å². The van der Waals surface area contributed by atoms with Crippen LogP contribution in [0, 0.1) is 6.92 Å². The molecule has 2 aromatic rings. The zero-order chi connectivity index (χ0) is 13.0. The largest absolute Gasteiger partial charge is 0.294 e. The Morgan fingerprint density at radius 3 is 2.61 bits per heavy atom. The summed E-state index contributed by atoms with van der Waals surface area (Å²) in [5.41, 5.74) is 2.98. The minimum absolute atomic E-state index is 0.191. The molecule has 0 aliphatic heterocycles. The summed E-state index contributed by atoms with van der Waals surface area (Å²) in [6.07, 6.45) is 4.09. The molecule has 3 heteroatoms. The Hall–Kier alpha value is -1.90. The molecule has 1 aromatic carbocycles. The van der Waals surface area contributed by atoms with Gasteiger partial charge in [0.05, 0.1) is 11.8 Å². The first kappa shape index (κ1) is 12.6. The van der Waals surface area contributed by atoms with Crippen molar-refractivity contribution in [1.82, 2.24) is 9.78 Å². The summed E-state index contributed by atoms with van der Waals surface area (Å²) in [6, 6.07) is 10.3. The fourth-order valence-electron chi connectivity index (χ4n) is 2.00. The van der Waals surface area contributed by atoms with Crippen molar-refractivity contribution in [3.8, 4) is 0 Å². The zero-order valence-corrected chi connectivity index (χ0v) is 10.9. The van der Waals surface area contributed by atoms with Gasteiger partial charge in [0.15, 0.2) is 5.78 Å². The second-order valence-electron chi connectivity index (χ2n) is 4.53. The molecule has 0 fully saturated rings. The molecule has 1 heterocycles. The predicted octanol–water partition coefficient (Wildman–Crippen LogP) is 2.93. The summed E-state index contributed by atoms with van der Waals surface area (Å²) in [5.74, 6) is 0.191. The van der Waals surface area contributed by atoms with Crippen molar-refractivity contribution in [2.75, 3.05) is 0 Å². The second kappa shape index (κ2) is 5.63. The zero-order valence-electron chi connectivity index (χ0n) is 10.9. The number of ketones is 1. The van der Waals surface area contributed by atoms with Gasteiger partial charge in [0, 0.05) is 19.2 Å². The van der Waals surface area contributed by atoms with Crippen LogP contribution < -0.4 is 0 Å². The highest BCUT2D eigenvalue weighted by atomic mass is 16.1. The third-order valence-electron chi connectivity index (χ3n) is 3.25. The van der Waals surface area contributed by atoms with E-state index in [2.05, 4.69) is 17.2 Å². The number of hydrogen-bond acceptors (Lipinski definition) is 2. The third-order valence-corrected chi connectivity index (χ3v) is 3.25. The summed E-state index contributed by atoms with van der Waals surface area (Å²) in [6.45, 7) is 1.93. The second-order valence-corrected chi connectivity index (χ2v) is 4.53. The third kappa shape index (κ3) is 2.86. The Labute approximate surface area is 107 Å². The summed E-state index contributed by atoms with van der Waals surface area (Å²) < 4.78 is 1.74. The topological polar surface area (TPSA) is 34.9 Å². The minimum atomic E-state index is 0.191. The highest BCUT2D eigenvalue weighted by Crippen LogP contribution is 2.12. The number of hydrogen-bond donors (Lipinski definition) is 0. The van der Waals surface area contributed by atoms with E-state index in [0.717, 1.165) is 24.1 Å². The minimum Gasteiger partial charge on any atom is -0.294 e. The number of nitrogens with zero attached hydrogens (tertiary/aromatic N) is 2. The molecule has 0 aliphatic carbocycles. The fourth-order valence-corrected chi connectivity index (χ4v) is 2.00. The van der Waals surface area contributed by atoms with Crippen LogP contribution in [0.5, 0.6) is 0 Å². The number of aryl methyl sites for hydroxylation is 2. The van der Waals surface area contributed by atoms with Gasteiger partial charge in [0.2, 0.25) is 0 Å². The van der Waals surface area contributed by atoms with Crippen molar-refractivity contribution in [1.29, 1.82) is 0 Å². The molecule has 3 nitrogen and oxygen atoms in total. The van der Waals surface area contributed by atoms with Crippen LogP contribution in [0.1, 0.15) is 34.5 Å². The maximum atomic E-state index is 12.0. The molecule has 0 aliphatic rings. The molecule has 0 saturated heterocycles. The van der Waals surface area contributed by atoms with Gasteiger partial charge >= 0.3 is 0 Å². The van der Waals surface area contributed by atoms with Crippen LogP contribution in [0.15, 0.2) is 36.5 Å². The molecule has 94 valence electrons. The molecule has 0 saturated carbocycles. The van der Waals surface area contributed by atoms with E-state index in [-0.39, 0.29) is 5.78 Å². The van der Waals surface area contributed by atoms with Gasteiger partial charge in [-0.25, -0.2) is 0 Å². The molecule has 0 atom stereocenters. The number of benzene rings is 1. The Kier molecular flexibility index (Phi) is 3.92. The van der Waals surface area contributed by atoms with Crippen LogP contribution in [0.2, 0.25) is 0 Å². The first-order valence-electron chi connectivity index (χ1n) is 6.24. The standard InChI is InChI=1S/C15H18N2O/c1-12-14(11-16-17(12)2)15(18)10-6-9-13-7-4-3-5-8-13/h3-5,7-8,11H,6,9-10H2,1-2H3. The van der Waals surface area contributed by atoms with Crippen LogP contribution in [0.25, 0.3) is 0 Å². The molecule has 0 amide bonds. The smallest absolute Gasteiger partial charge is 0.166 e. The van der Waals surface area contributed by atoms with E-state index in [1.54, 1.807) is 10.9 Å². The van der Waals surface area contributed by atoms with Crippen molar-refractivity contribution >= 4 is 5.78 Å². The lowest BCUT2D eigenvalue weighted by Gasteiger charge is -2.01. The fraction of sp³-hybridized carbons (Fsp3) is 0.333. The summed E-state index contributed by atoms with van der Waals surface area (Å²) >= 11 is 0. The number of aromatic nitrogens is 2. The van der Waals surface area contributed by atoms with Crippen molar-refractivity contribution in [2.24, 2.45) is 7.05 Å². The Morgan fingerprint density at radius 2 is 2.00 bits per heavy atom. The molecule has 2 rings (SSSR count). The lowest BCUT2D eigenvalue weighted by atomic mass is 10.0. The maximum Gasteiger partial charge on any atom is 0.166 e. The van der Waals surface area contributed by atoms with Gasteiger partial charge in [-0.2, -0.15) is 5.10 Å². The molecule has 1 aromatic heterocycles. The van der Waals surface area contributed by atoms with Gasteiger partial charge in [-0.3, -0.25) is 9.48 Å². The molecule has 0 radical (unpaired) electrons. The Morgan fingerprint density at radius 1 is 1.28 bits per heavy atom. The van der Waals surface area contributed by atoms with Crippen molar-refractivity contribution in [2.45, 2.75) is 26.2 Å². The molecule has 0 N–H and O–H groups in total. The van der Waals surface area contributed by atoms with Crippen LogP contribution in [0.4, 0.5) is 0 Å². The average Bonchev–Trinajstić information content (AvgIpc) is 2.71. The van der Waals surface area contributed by atoms with E-state index in [9.17, 15) is 4.79 Å². The molecular formula is C15H18N2O. The molecule has 18 heavy (non-hydrogen) atoms. The SMILES string of the molecule is Cc1c(C(=O)CCCc2ccccc2)cnn1C. The van der Waals surface area contributed by atoms with Gasteiger partial charge in [0.1, 0.15) is 0 Å². The van der Waals surface area contributed by atoms with E-state index >= 15 is 0 Å². The number of carbonyl (C=O) groups is 1. The molecule has 0 unspecified atom stereocenters. The summed E-state index contributed by atoms with van der Waals surface area (Å²) in [4.78, 5) is 12.0. The first-order chi connectivity index (χ1) is 8.68. The molecule has 0 spiro atoms. The molecule has 0 bridgehead atoms. The first-order valence-corrected chi connectivity index (χ1v) is 6.24. The van der Waals surface area contributed by atoms with Gasteiger partial charge in [-0.1, -0.05) is 30.3 Å². The highest BCUT2D eigenvalue weighted by Gasteiger charge is 2.12. The highest BCUT2D eigenvalue weighted by molar-refractivity contribution is 5.96. The number of rotatable bonds is 5. The van der Waals surface area contributed by atoms with Crippen LogP contribution in [0.3, 0.4) is 0 Å². The summed E-state index contributed by atoms with van der Waals surface area (Å²) in [5, 5.41) is 4.10. The normalized spacial score (nSPS) is 10.6. The monoisotopic (exact) mass is 242 g/mol. The number of carbonyl (C=O) groups excluding carboxylic acids is 1. The molecular weight excluding hydrogens is 224 g/mol. The quantitative estimate of drug-likeness (QED) is 0.756. The van der Waals surface area contributed by atoms with Crippen LogP contribution in [-0.4, -0.2) is 15.6 Å². The van der Waals surface area contributed by atoms with E-state index < -0.39 is 0 Å². The van der Waals surface area contributed by atoms with Crippen molar-refractivity contribution in [3.63, 3.8) is 0 Å². The van der Waals surface area contributed by atoms with E-state index in [1.807, 2.05) is 32.2 Å². The van der Waals surface area contributed by atoms with Gasteiger partial charge in [-0.05, 0) is 25.3 Å².